The van der Waals surface area contributed by atoms with Crippen molar-refractivity contribution in [1.82, 2.24) is 20.0 Å². The van der Waals surface area contributed by atoms with Crippen LogP contribution in [0.3, 0.4) is 0 Å². The number of anilines is 1. The van der Waals surface area contributed by atoms with Gasteiger partial charge in [-0.2, -0.15) is 5.10 Å². The lowest BCUT2D eigenvalue weighted by Crippen LogP contribution is -2.44. The average molecular weight is 522 g/mol. The maximum absolute atomic E-state index is 13.9. The van der Waals surface area contributed by atoms with Crippen LogP contribution in [0.2, 0.25) is 0 Å². The monoisotopic (exact) mass is 521 g/mol. The van der Waals surface area contributed by atoms with E-state index in [2.05, 4.69) is 21.8 Å². The van der Waals surface area contributed by atoms with Crippen molar-refractivity contribution in [1.29, 1.82) is 0 Å². The third-order valence-corrected chi connectivity index (χ3v) is 8.90. The summed E-state index contributed by atoms with van der Waals surface area (Å²) in [6.45, 7) is 5.77. The van der Waals surface area contributed by atoms with Gasteiger partial charge in [0, 0.05) is 55.4 Å². The summed E-state index contributed by atoms with van der Waals surface area (Å²) in [7, 11) is 1.85. The molecule has 0 radical (unpaired) electrons. The SMILES string of the molecule is CCC(=O)[C@@H]1C[C@]23CNC(=O)[C@@H](C)CCCCCc4cc(NC)cc5c(C(C)=O)nn(c45)CC(=O)N1[C@@H]2C3. The van der Waals surface area contributed by atoms with Crippen molar-refractivity contribution in [3.05, 3.63) is 23.4 Å². The first-order valence-electron chi connectivity index (χ1n) is 14.0. The van der Waals surface area contributed by atoms with E-state index in [-0.39, 0.29) is 47.3 Å². The fraction of sp³-hybridized carbons (Fsp3) is 0.621. The van der Waals surface area contributed by atoms with E-state index in [0.717, 1.165) is 60.7 Å². The molecule has 204 valence electrons. The predicted molar refractivity (Wildman–Crippen MR) is 145 cm³/mol. The van der Waals surface area contributed by atoms with Crippen LogP contribution in [-0.4, -0.2) is 63.7 Å². The van der Waals surface area contributed by atoms with Crippen LogP contribution in [0.5, 0.6) is 0 Å². The first-order chi connectivity index (χ1) is 18.2. The maximum atomic E-state index is 13.9. The molecule has 1 saturated heterocycles. The number of nitrogens with one attached hydrogen (secondary N) is 2. The van der Waals surface area contributed by atoms with Crippen LogP contribution in [0.25, 0.3) is 10.9 Å². The fourth-order valence-corrected chi connectivity index (χ4v) is 6.59. The van der Waals surface area contributed by atoms with Crippen molar-refractivity contribution in [3.8, 4) is 0 Å². The van der Waals surface area contributed by atoms with Crippen LogP contribution < -0.4 is 10.6 Å². The zero-order valence-electron chi connectivity index (χ0n) is 22.9. The number of carbonyl (C=O) groups excluding carboxylic acids is 4. The second-order valence-electron chi connectivity index (χ2n) is 11.5. The molecule has 1 saturated carbocycles. The Morgan fingerprint density at radius 2 is 1.97 bits per heavy atom. The van der Waals surface area contributed by atoms with E-state index in [1.165, 1.54) is 6.92 Å². The highest BCUT2D eigenvalue weighted by Crippen LogP contribution is 2.59. The van der Waals surface area contributed by atoms with Crippen LogP contribution in [-0.2, 0) is 27.3 Å². The molecule has 9 nitrogen and oxygen atoms in total. The molecule has 1 aliphatic carbocycles. The van der Waals surface area contributed by atoms with E-state index < -0.39 is 6.04 Å². The minimum atomic E-state index is -0.482. The number of aromatic nitrogens is 2. The number of carbonyl (C=O) groups is 4. The molecule has 9 heteroatoms. The molecule has 0 spiro atoms. The maximum Gasteiger partial charge on any atom is 0.245 e. The lowest BCUT2D eigenvalue weighted by atomic mass is 9.95. The van der Waals surface area contributed by atoms with Crippen molar-refractivity contribution in [2.24, 2.45) is 11.3 Å². The third-order valence-electron chi connectivity index (χ3n) is 8.90. The van der Waals surface area contributed by atoms with E-state index in [0.29, 0.717) is 25.1 Å². The Balaban J connectivity index is 1.57. The molecule has 3 aliphatic rings. The lowest BCUT2D eigenvalue weighted by Gasteiger charge is -2.26. The Kier molecular flexibility index (Phi) is 7.05. The van der Waals surface area contributed by atoms with Crippen LogP contribution >= 0.6 is 0 Å². The Morgan fingerprint density at radius 3 is 2.68 bits per heavy atom. The van der Waals surface area contributed by atoms with Gasteiger partial charge >= 0.3 is 0 Å². The second-order valence-corrected chi connectivity index (χ2v) is 11.5. The number of amides is 2. The van der Waals surface area contributed by atoms with Gasteiger partial charge in [-0.3, -0.25) is 23.9 Å². The molecule has 2 fully saturated rings. The molecule has 1 aromatic carbocycles. The summed E-state index contributed by atoms with van der Waals surface area (Å²) in [5.74, 6) is -0.279. The van der Waals surface area contributed by atoms with Gasteiger partial charge < -0.3 is 15.5 Å². The molecule has 2 N–H and O–H groups in total. The molecule has 0 unspecified atom stereocenters. The molecule has 4 atom stereocenters. The van der Waals surface area contributed by atoms with Gasteiger partial charge in [0.15, 0.2) is 11.6 Å². The molecule has 2 bridgehead atoms. The number of piperidine rings is 1. The molecular formula is C29H39N5O4. The number of nitrogens with zero attached hydrogens (tertiary/aromatic N) is 3. The van der Waals surface area contributed by atoms with Crippen LogP contribution in [0, 0.1) is 11.3 Å². The lowest BCUT2D eigenvalue weighted by molar-refractivity contribution is -0.139. The van der Waals surface area contributed by atoms with Crippen molar-refractivity contribution in [2.75, 3.05) is 18.9 Å². The Morgan fingerprint density at radius 1 is 1.18 bits per heavy atom. The molecule has 3 heterocycles. The predicted octanol–water partition coefficient (Wildman–Crippen LogP) is 3.49. The number of benzene rings is 1. The highest BCUT2D eigenvalue weighted by molar-refractivity contribution is 6.06. The number of aryl methyl sites for hydroxylation is 1. The van der Waals surface area contributed by atoms with E-state index in [1.54, 1.807) is 9.58 Å². The van der Waals surface area contributed by atoms with Crippen LogP contribution in [0.15, 0.2) is 12.1 Å². The topological polar surface area (TPSA) is 113 Å². The summed E-state index contributed by atoms with van der Waals surface area (Å²) in [6.07, 6.45) is 6.19. The fourth-order valence-electron chi connectivity index (χ4n) is 6.59. The summed E-state index contributed by atoms with van der Waals surface area (Å²) >= 11 is 0. The molecule has 2 amide bonds. The van der Waals surface area contributed by atoms with Crippen molar-refractivity contribution >= 4 is 40.0 Å². The van der Waals surface area contributed by atoms with Gasteiger partial charge in [-0.25, -0.2) is 0 Å². The highest BCUT2D eigenvalue weighted by atomic mass is 16.2. The van der Waals surface area contributed by atoms with Crippen molar-refractivity contribution < 1.29 is 19.2 Å². The smallest absolute Gasteiger partial charge is 0.245 e. The third kappa shape index (κ3) is 4.60. The summed E-state index contributed by atoms with van der Waals surface area (Å²) in [5.41, 5.74) is 2.88. The average Bonchev–Trinajstić information content (AvgIpc) is 3.31. The van der Waals surface area contributed by atoms with Crippen molar-refractivity contribution in [2.45, 2.75) is 90.8 Å². The number of Topliss-reactive ketones (excluding diaryl/α,β-unsaturated/α-hetero) is 2. The van der Waals surface area contributed by atoms with Crippen LogP contribution in [0.1, 0.15) is 81.8 Å². The molecule has 2 aromatic rings. The van der Waals surface area contributed by atoms with Gasteiger partial charge in [0.1, 0.15) is 12.2 Å². The van der Waals surface area contributed by atoms with E-state index >= 15 is 0 Å². The van der Waals surface area contributed by atoms with Gasteiger partial charge in [-0.05, 0) is 49.8 Å². The van der Waals surface area contributed by atoms with Crippen LogP contribution in [0.4, 0.5) is 5.69 Å². The van der Waals surface area contributed by atoms with Crippen molar-refractivity contribution in [3.63, 3.8) is 0 Å². The standard InChI is InChI=1S/C29H39N5O4/c1-5-23(36)22-13-29-14-24(29)34(22)25(37)15-33-27-19(10-8-6-7-9-17(2)28(38)31-16-29)11-20(30-4)12-21(27)26(32-33)18(3)35/h11-12,17,22,24,30H,5-10,13-16H2,1-4H3,(H,31,38)/t17-,22-,24+,29-/m0/s1. The van der Waals surface area contributed by atoms with Gasteiger partial charge in [0.05, 0.1) is 11.6 Å². The zero-order chi connectivity index (χ0) is 27.2. The number of hydrogen-bond donors (Lipinski definition) is 2. The van der Waals surface area contributed by atoms with E-state index in [9.17, 15) is 19.2 Å². The Labute approximate surface area is 223 Å². The molecule has 5 rings (SSSR count). The summed E-state index contributed by atoms with van der Waals surface area (Å²) in [6, 6.07) is 3.45. The highest BCUT2D eigenvalue weighted by Gasteiger charge is 2.66. The second kappa shape index (κ2) is 10.2. The van der Waals surface area contributed by atoms with Gasteiger partial charge in [0.2, 0.25) is 11.8 Å². The first-order valence-corrected chi connectivity index (χ1v) is 14.0. The molecular weight excluding hydrogens is 482 g/mol. The minimum absolute atomic E-state index is 0.0286. The Hall–Kier alpha value is -3.23. The Bertz CT molecular complexity index is 1300. The van der Waals surface area contributed by atoms with Gasteiger partial charge in [0.25, 0.3) is 0 Å². The normalized spacial score (nSPS) is 28.0. The van der Waals surface area contributed by atoms with Gasteiger partial charge in [-0.15, -0.1) is 0 Å². The molecule has 1 aromatic heterocycles. The summed E-state index contributed by atoms with van der Waals surface area (Å²) in [5, 5.41) is 11.7. The van der Waals surface area contributed by atoms with E-state index in [4.69, 9.17) is 0 Å². The number of ketones is 2. The quantitative estimate of drug-likeness (QED) is 0.596. The largest absolute Gasteiger partial charge is 0.388 e. The first kappa shape index (κ1) is 26.4. The van der Waals surface area contributed by atoms with E-state index in [1.807, 2.05) is 27.0 Å². The minimum Gasteiger partial charge on any atom is -0.388 e. The number of rotatable bonds is 4. The summed E-state index contributed by atoms with van der Waals surface area (Å²) in [4.78, 5) is 54.0. The zero-order valence-corrected chi connectivity index (χ0v) is 22.9. The number of hydrogen-bond acceptors (Lipinski definition) is 6. The molecule has 38 heavy (non-hydrogen) atoms. The molecule has 2 aliphatic heterocycles. The van der Waals surface area contributed by atoms with Gasteiger partial charge in [-0.1, -0.05) is 26.7 Å². The summed E-state index contributed by atoms with van der Waals surface area (Å²) < 4.78 is 1.68.